The van der Waals surface area contributed by atoms with E-state index < -0.39 is 11.8 Å². The van der Waals surface area contributed by atoms with Gasteiger partial charge < -0.3 is 10.4 Å². The first-order chi connectivity index (χ1) is 13.0. The number of fused-ring (bicyclic) bond motifs is 1. The fourth-order valence-electron chi connectivity index (χ4n) is 2.24. The minimum Gasteiger partial charge on any atom is -0.507 e. The second-order valence-electron chi connectivity index (χ2n) is 5.42. The van der Waals surface area contributed by atoms with E-state index in [1.54, 1.807) is 12.1 Å². The van der Waals surface area contributed by atoms with Gasteiger partial charge in [0.25, 0.3) is 11.8 Å². The normalized spacial score (nSPS) is 11.0. The van der Waals surface area contributed by atoms with Gasteiger partial charge in [0.2, 0.25) is 0 Å². The van der Waals surface area contributed by atoms with E-state index in [1.165, 1.54) is 23.6 Å². The number of benzene rings is 2. The number of carbonyl (C=O) groups is 2. The van der Waals surface area contributed by atoms with Crippen LogP contribution in [0, 0.1) is 0 Å². The number of nitrogens with one attached hydrogen (secondary N) is 2. The van der Waals surface area contributed by atoms with Crippen LogP contribution in [-0.4, -0.2) is 29.7 Å². The number of nitrogens with zero attached hydrogens (tertiary/aromatic N) is 1. The van der Waals surface area contributed by atoms with Gasteiger partial charge in [-0.05, 0) is 24.3 Å². The summed E-state index contributed by atoms with van der Waals surface area (Å²) in [4.78, 5) is 24.5. The lowest BCUT2D eigenvalue weighted by molar-refractivity contribution is -0.120. The number of thiophene rings is 1. The van der Waals surface area contributed by atoms with Crippen LogP contribution in [0.3, 0.4) is 0 Å². The summed E-state index contributed by atoms with van der Waals surface area (Å²) in [6, 6.07) is 12.3. The van der Waals surface area contributed by atoms with Gasteiger partial charge in [-0.25, -0.2) is 5.43 Å². The van der Waals surface area contributed by atoms with Crippen molar-refractivity contribution in [3.63, 3.8) is 0 Å². The zero-order valence-corrected chi connectivity index (χ0v) is 16.9. The summed E-state index contributed by atoms with van der Waals surface area (Å²) in [5, 5.41) is 17.2. The zero-order chi connectivity index (χ0) is 19.4. The summed E-state index contributed by atoms with van der Waals surface area (Å²) < 4.78 is 1.66. The molecular weight excluding hydrogens is 454 g/mol. The Morgan fingerprint density at radius 3 is 2.81 bits per heavy atom. The van der Waals surface area contributed by atoms with E-state index in [0.717, 1.165) is 14.6 Å². The number of hydrogen-bond donors (Lipinski definition) is 3. The van der Waals surface area contributed by atoms with Gasteiger partial charge in [0.05, 0.1) is 17.8 Å². The molecule has 0 bridgehead atoms. The van der Waals surface area contributed by atoms with Crippen LogP contribution >= 0.6 is 38.9 Å². The molecule has 0 aliphatic carbocycles. The first-order valence-corrected chi connectivity index (χ1v) is 9.70. The lowest BCUT2D eigenvalue weighted by Crippen LogP contribution is -2.34. The smallest absolute Gasteiger partial charge is 0.263 e. The third-order valence-corrected chi connectivity index (χ3v) is 5.70. The van der Waals surface area contributed by atoms with Crippen molar-refractivity contribution in [2.45, 2.75) is 0 Å². The number of phenols is 1. The number of aromatic hydroxyl groups is 1. The van der Waals surface area contributed by atoms with Gasteiger partial charge in [-0.1, -0.05) is 45.7 Å². The Kier molecular flexibility index (Phi) is 6.10. The Morgan fingerprint density at radius 1 is 1.26 bits per heavy atom. The second kappa shape index (κ2) is 8.51. The van der Waals surface area contributed by atoms with E-state index in [0.29, 0.717) is 15.5 Å². The number of hydrogen-bond acceptors (Lipinski definition) is 5. The molecule has 3 N–H and O–H groups in total. The molecule has 27 heavy (non-hydrogen) atoms. The molecule has 2 amide bonds. The van der Waals surface area contributed by atoms with E-state index in [4.69, 9.17) is 11.6 Å². The Balaban J connectivity index is 1.57. The monoisotopic (exact) mass is 465 g/mol. The average Bonchev–Trinajstić information content (AvgIpc) is 3.00. The quantitative estimate of drug-likeness (QED) is 0.393. The molecule has 0 spiro atoms. The summed E-state index contributed by atoms with van der Waals surface area (Å²) in [6.07, 6.45) is 1.31. The summed E-state index contributed by atoms with van der Waals surface area (Å²) in [7, 11) is 0. The van der Waals surface area contributed by atoms with E-state index in [1.807, 2.05) is 24.3 Å². The van der Waals surface area contributed by atoms with E-state index >= 15 is 0 Å². The second-order valence-corrected chi connectivity index (χ2v) is 7.77. The molecule has 0 aliphatic rings. The molecule has 6 nitrogen and oxygen atoms in total. The van der Waals surface area contributed by atoms with Gasteiger partial charge in [0, 0.05) is 20.1 Å². The molecule has 0 saturated heterocycles. The maximum Gasteiger partial charge on any atom is 0.263 e. The zero-order valence-electron chi connectivity index (χ0n) is 13.7. The fraction of sp³-hybridized carbons (Fsp3) is 0.0556. The molecule has 0 atom stereocenters. The van der Waals surface area contributed by atoms with Crippen molar-refractivity contribution < 1.29 is 14.7 Å². The lowest BCUT2D eigenvalue weighted by Gasteiger charge is -2.03. The van der Waals surface area contributed by atoms with Crippen LogP contribution in [0.25, 0.3) is 10.1 Å². The lowest BCUT2D eigenvalue weighted by atomic mass is 10.2. The fourth-order valence-corrected chi connectivity index (χ4v) is 4.06. The van der Waals surface area contributed by atoms with Crippen molar-refractivity contribution in [3.05, 3.63) is 62.4 Å². The first-order valence-electron chi connectivity index (χ1n) is 7.71. The van der Waals surface area contributed by atoms with Crippen molar-refractivity contribution in [2.75, 3.05) is 6.54 Å². The van der Waals surface area contributed by atoms with Crippen molar-refractivity contribution in [3.8, 4) is 5.75 Å². The van der Waals surface area contributed by atoms with Crippen LogP contribution in [0.1, 0.15) is 15.2 Å². The highest BCUT2D eigenvalue weighted by Crippen LogP contribution is 2.34. The predicted octanol–water partition coefficient (Wildman–Crippen LogP) is 3.90. The number of amides is 2. The van der Waals surface area contributed by atoms with Crippen LogP contribution in [0.4, 0.5) is 0 Å². The van der Waals surface area contributed by atoms with Crippen LogP contribution in [0.5, 0.6) is 5.75 Å². The molecule has 2 aromatic carbocycles. The summed E-state index contributed by atoms with van der Waals surface area (Å²) in [6.45, 7) is -0.259. The minimum atomic E-state index is -0.508. The highest BCUT2D eigenvalue weighted by atomic mass is 79.9. The topological polar surface area (TPSA) is 90.8 Å². The highest BCUT2D eigenvalue weighted by Gasteiger charge is 2.17. The molecule has 3 aromatic rings. The standard InChI is InChI=1S/C18H13BrClN3O3S/c19-11-5-6-13(24)10(7-11)8-22-23-15(25)9-21-18(26)17-16(20)12-3-1-2-4-14(12)27-17/h1-8,24H,9H2,(H,21,26)(H,23,25)/b22-8-. The molecule has 138 valence electrons. The Morgan fingerprint density at radius 2 is 2.04 bits per heavy atom. The summed E-state index contributed by atoms with van der Waals surface area (Å²) in [5.74, 6) is -0.903. The van der Waals surface area contributed by atoms with Gasteiger partial charge in [0.1, 0.15) is 10.6 Å². The van der Waals surface area contributed by atoms with Crippen molar-refractivity contribution in [1.82, 2.24) is 10.7 Å². The van der Waals surface area contributed by atoms with Gasteiger partial charge in [-0.2, -0.15) is 5.10 Å². The third-order valence-electron chi connectivity index (χ3n) is 3.53. The number of halogens is 2. The number of hydrazone groups is 1. The van der Waals surface area contributed by atoms with Gasteiger partial charge in [0.15, 0.2) is 0 Å². The van der Waals surface area contributed by atoms with E-state index in [-0.39, 0.29) is 12.3 Å². The molecular formula is C18H13BrClN3O3S. The maximum absolute atomic E-state index is 12.3. The van der Waals surface area contributed by atoms with Crippen molar-refractivity contribution in [1.29, 1.82) is 0 Å². The number of carbonyl (C=O) groups excluding carboxylic acids is 2. The van der Waals surface area contributed by atoms with Gasteiger partial charge in [-0.3, -0.25) is 9.59 Å². The van der Waals surface area contributed by atoms with E-state index in [9.17, 15) is 14.7 Å². The minimum absolute atomic E-state index is 0.0314. The molecule has 0 saturated carbocycles. The SMILES string of the molecule is O=C(CNC(=O)c1sc2ccccc2c1Cl)N/N=C\c1cc(Br)ccc1O. The van der Waals surface area contributed by atoms with Crippen molar-refractivity contribution >= 4 is 67.0 Å². The average molecular weight is 467 g/mol. The van der Waals surface area contributed by atoms with Crippen LogP contribution in [-0.2, 0) is 4.79 Å². The molecule has 0 fully saturated rings. The highest BCUT2D eigenvalue weighted by molar-refractivity contribution is 9.10. The van der Waals surface area contributed by atoms with Crippen LogP contribution < -0.4 is 10.7 Å². The van der Waals surface area contributed by atoms with E-state index in [2.05, 4.69) is 31.8 Å². The number of rotatable bonds is 5. The van der Waals surface area contributed by atoms with Gasteiger partial charge in [-0.15, -0.1) is 11.3 Å². The molecule has 1 aromatic heterocycles. The maximum atomic E-state index is 12.3. The Hall–Kier alpha value is -2.42. The Bertz CT molecular complexity index is 1050. The molecule has 1 heterocycles. The molecule has 3 rings (SSSR count). The molecule has 0 aliphatic heterocycles. The predicted molar refractivity (Wildman–Crippen MR) is 111 cm³/mol. The molecule has 0 unspecified atom stereocenters. The summed E-state index contributed by atoms with van der Waals surface area (Å²) >= 11 is 10.8. The molecule has 9 heteroatoms. The third kappa shape index (κ3) is 4.65. The van der Waals surface area contributed by atoms with Gasteiger partial charge >= 0.3 is 0 Å². The molecule has 0 radical (unpaired) electrons. The van der Waals surface area contributed by atoms with Crippen LogP contribution in [0.15, 0.2) is 52.0 Å². The number of phenolic OH excluding ortho intramolecular Hbond substituents is 1. The van der Waals surface area contributed by atoms with Crippen LogP contribution in [0.2, 0.25) is 5.02 Å². The Labute approximate surface area is 172 Å². The van der Waals surface area contributed by atoms with Crippen molar-refractivity contribution in [2.24, 2.45) is 5.10 Å². The first kappa shape index (κ1) is 19.3. The largest absolute Gasteiger partial charge is 0.507 e. The summed E-state index contributed by atoms with van der Waals surface area (Å²) in [5.41, 5.74) is 2.72.